The molecule has 0 N–H and O–H groups in total. The minimum atomic E-state index is 0.782. The first-order valence-corrected chi connectivity index (χ1v) is 3.91. The molecule has 0 saturated heterocycles. The molecule has 0 fully saturated rings. The van der Waals surface area contributed by atoms with Gasteiger partial charge in [-0.05, 0) is 30.8 Å². The summed E-state index contributed by atoms with van der Waals surface area (Å²) in [6.45, 7) is 1.96. The summed E-state index contributed by atoms with van der Waals surface area (Å²) < 4.78 is 5.03. The second kappa shape index (κ2) is 4.00. The van der Waals surface area contributed by atoms with Crippen molar-refractivity contribution in [3.63, 3.8) is 0 Å². The van der Waals surface area contributed by atoms with Crippen LogP contribution in [0, 0.1) is 6.92 Å². The Labute approximate surface area is 76.9 Å². The summed E-state index contributed by atoms with van der Waals surface area (Å²) in [5.41, 5.74) is 1.87. The van der Waals surface area contributed by atoms with E-state index in [0.717, 1.165) is 17.0 Å². The molecule has 12 heavy (non-hydrogen) atoms. The van der Waals surface area contributed by atoms with Crippen molar-refractivity contribution in [2.75, 3.05) is 7.11 Å². The number of ether oxygens (including phenoxy) is 1. The van der Waals surface area contributed by atoms with Gasteiger partial charge >= 0.3 is 0 Å². The highest BCUT2D eigenvalue weighted by atomic mass is 32.1. The maximum atomic E-state index is 5.03. The molecular weight excluding hydrogens is 170 g/mol. The summed E-state index contributed by atoms with van der Waals surface area (Å²) in [5, 5.41) is 2.33. The van der Waals surface area contributed by atoms with Gasteiger partial charge in [-0.2, -0.15) is 4.99 Å². The number of nitrogens with zero attached hydrogens (tertiary/aromatic N) is 1. The lowest BCUT2D eigenvalue weighted by molar-refractivity contribution is 0.415. The number of isothiocyanates is 1. The van der Waals surface area contributed by atoms with Crippen LogP contribution in [0.3, 0.4) is 0 Å². The van der Waals surface area contributed by atoms with Crippen molar-refractivity contribution in [3.8, 4) is 5.75 Å². The van der Waals surface area contributed by atoms with Crippen molar-refractivity contribution in [3.05, 3.63) is 23.8 Å². The summed E-state index contributed by atoms with van der Waals surface area (Å²) in [4.78, 5) is 3.90. The van der Waals surface area contributed by atoms with Crippen molar-refractivity contribution in [1.82, 2.24) is 0 Å². The fraction of sp³-hybridized carbons (Fsp3) is 0.222. The Balaban J connectivity index is 3.16. The fourth-order valence-corrected chi connectivity index (χ4v) is 0.984. The van der Waals surface area contributed by atoms with Crippen molar-refractivity contribution in [2.45, 2.75) is 6.92 Å². The molecule has 3 heteroatoms. The van der Waals surface area contributed by atoms with Crippen LogP contribution in [0.1, 0.15) is 5.56 Å². The molecule has 0 aliphatic heterocycles. The van der Waals surface area contributed by atoms with Gasteiger partial charge in [0.25, 0.3) is 0 Å². The fourth-order valence-electron chi connectivity index (χ4n) is 0.886. The van der Waals surface area contributed by atoms with Crippen LogP contribution in [0.25, 0.3) is 0 Å². The molecule has 1 aromatic rings. The Morgan fingerprint density at radius 2 is 2.25 bits per heavy atom. The van der Waals surface area contributed by atoms with Crippen LogP contribution in [0.15, 0.2) is 23.2 Å². The minimum absolute atomic E-state index is 0.782. The second-order valence-electron chi connectivity index (χ2n) is 2.36. The summed E-state index contributed by atoms with van der Waals surface area (Å²) >= 11 is 4.52. The van der Waals surface area contributed by atoms with Gasteiger partial charge in [-0.15, -0.1) is 0 Å². The Kier molecular flexibility index (Phi) is 2.97. The smallest absolute Gasteiger partial charge is 0.121 e. The third-order valence-corrected chi connectivity index (χ3v) is 1.67. The molecule has 0 atom stereocenters. The van der Waals surface area contributed by atoms with Crippen LogP contribution in [0.4, 0.5) is 5.69 Å². The third kappa shape index (κ3) is 1.91. The van der Waals surface area contributed by atoms with Gasteiger partial charge in [-0.3, -0.25) is 0 Å². The molecule has 0 aliphatic rings. The Morgan fingerprint density at radius 1 is 1.50 bits per heavy atom. The zero-order valence-corrected chi connectivity index (χ0v) is 7.81. The molecule has 0 amide bonds. The average molecular weight is 179 g/mol. The molecule has 0 saturated carbocycles. The van der Waals surface area contributed by atoms with Crippen LogP contribution < -0.4 is 4.74 Å². The first kappa shape index (κ1) is 8.91. The SMILES string of the molecule is COc1ccc(C)c(N=C=S)c1. The topological polar surface area (TPSA) is 21.6 Å². The third-order valence-electron chi connectivity index (χ3n) is 1.58. The van der Waals surface area contributed by atoms with E-state index < -0.39 is 0 Å². The molecule has 0 bridgehead atoms. The number of aryl methyl sites for hydroxylation is 1. The number of benzene rings is 1. The molecule has 0 unspecified atom stereocenters. The molecule has 1 aromatic carbocycles. The van der Waals surface area contributed by atoms with Crippen LogP contribution in [0.5, 0.6) is 5.75 Å². The van der Waals surface area contributed by atoms with Crippen molar-refractivity contribution in [2.24, 2.45) is 4.99 Å². The zero-order chi connectivity index (χ0) is 8.97. The molecule has 0 spiro atoms. The monoisotopic (exact) mass is 179 g/mol. The van der Waals surface area contributed by atoms with Gasteiger partial charge in [0.2, 0.25) is 0 Å². The lowest BCUT2D eigenvalue weighted by Gasteiger charge is -2.01. The highest BCUT2D eigenvalue weighted by molar-refractivity contribution is 7.78. The Morgan fingerprint density at radius 3 is 2.83 bits per heavy atom. The van der Waals surface area contributed by atoms with Gasteiger partial charge in [0, 0.05) is 6.07 Å². The Hall–Kier alpha value is -1.18. The number of hydrogen-bond acceptors (Lipinski definition) is 3. The molecular formula is C9H9NOS. The van der Waals surface area contributed by atoms with E-state index in [9.17, 15) is 0 Å². The quantitative estimate of drug-likeness (QED) is 0.514. The lowest BCUT2D eigenvalue weighted by Crippen LogP contribution is -1.82. The van der Waals surface area contributed by atoms with Gasteiger partial charge < -0.3 is 4.74 Å². The van der Waals surface area contributed by atoms with Gasteiger partial charge in [0.1, 0.15) is 5.75 Å². The van der Waals surface area contributed by atoms with E-state index in [1.807, 2.05) is 25.1 Å². The number of methoxy groups -OCH3 is 1. The predicted octanol–water partition coefficient (Wildman–Crippen LogP) is 2.74. The molecule has 0 heterocycles. The van der Waals surface area contributed by atoms with Gasteiger partial charge in [-0.25, -0.2) is 0 Å². The molecule has 2 nitrogen and oxygen atoms in total. The van der Waals surface area contributed by atoms with Crippen molar-refractivity contribution >= 4 is 23.1 Å². The highest BCUT2D eigenvalue weighted by Gasteiger charge is 1.97. The van der Waals surface area contributed by atoms with E-state index >= 15 is 0 Å². The largest absolute Gasteiger partial charge is 0.497 e. The van der Waals surface area contributed by atoms with Crippen LogP contribution >= 0.6 is 12.2 Å². The molecule has 1 rings (SSSR count). The number of aliphatic imine (C=N–C) groups is 1. The summed E-state index contributed by atoms with van der Waals surface area (Å²) in [5.74, 6) is 0.782. The van der Waals surface area contributed by atoms with Gasteiger partial charge in [-0.1, -0.05) is 6.07 Å². The Bertz CT molecular complexity index is 329. The molecule has 0 aliphatic carbocycles. The van der Waals surface area contributed by atoms with Crippen molar-refractivity contribution in [1.29, 1.82) is 0 Å². The number of hydrogen-bond donors (Lipinski definition) is 0. The summed E-state index contributed by atoms with van der Waals surface area (Å²) in [6.07, 6.45) is 0. The van der Waals surface area contributed by atoms with Crippen LogP contribution in [-0.2, 0) is 0 Å². The predicted molar refractivity (Wildman–Crippen MR) is 52.4 cm³/mol. The highest BCUT2D eigenvalue weighted by Crippen LogP contribution is 2.23. The molecule has 62 valence electrons. The van der Waals surface area contributed by atoms with E-state index in [4.69, 9.17) is 4.74 Å². The number of rotatable bonds is 2. The van der Waals surface area contributed by atoms with Gasteiger partial charge in [0.05, 0.1) is 18.0 Å². The van der Waals surface area contributed by atoms with Crippen LogP contribution in [0.2, 0.25) is 0 Å². The normalized spacial score (nSPS) is 8.83. The van der Waals surface area contributed by atoms with Gasteiger partial charge in [0.15, 0.2) is 0 Å². The first-order chi connectivity index (χ1) is 5.77. The summed E-state index contributed by atoms with van der Waals surface area (Å²) in [7, 11) is 1.62. The summed E-state index contributed by atoms with van der Waals surface area (Å²) in [6, 6.07) is 5.65. The lowest BCUT2D eigenvalue weighted by atomic mass is 10.2. The average Bonchev–Trinajstić information content (AvgIpc) is 2.09. The van der Waals surface area contributed by atoms with E-state index in [1.54, 1.807) is 7.11 Å². The van der Waals surface area contributed by atoms with E-state index in [1.165, 1.54) is 0 Å². The minimum Gasteiger partial charge on any atom is -0.497 e. The maximum Gasteiger partial charge on any atom is 0.121 e. The van der Waals surface area contributed by atoms with E-state index in [-0.39, 0.29) is 0 Å². The van der Waals surface area contributed by atoms with E-state index in [2.05, 4.69) is 22.4 Å². The molecule has 0 aromatic heterocycles. The first-order valence-electron chi connectivity index (χ1n) is 3.50. The molecule has 0 radical (unpaired) electrons. The maximum absolute atomic E-state index is 5.03. The zero-order valence-electron chi connectivity index (χ0n) is 7.00. The van der Waals surface area contributed by atoms with Crippen molar-refractivity contribution < 1.29 is 4.74 Å². The van der Waals surface area contributed by atoms with E-state index in [0.29, 0.717) is 0 Å². The standard InChI is InChI=1S/C9H9NOS/c1-7-3-4-8(11-2)5-9(7)10-6-12/h3-5H,1-2H3. The number of thiocarbonyl (C=S) groups is 1. The van der Waals surface area contributed by atoms with Crippen LogP contribution in [-0.4, -0.2) is 12.3 Å². The second-order valence-corrected chi connectivity index (χ2v) is 2.54.